The molecule has 0 saturated carbocycles. The minimum atomic E-state index is -0.210. The van der Waals surface area contributed by atoms with Crippen molar-refractivity contribution in [1.82, 2.24) is 4.90 Å². The fourth-order valence-electron chi connectivity index (χ4n) is 4.26. The molecule has 0 aromatic heterocycles. The normalized spacial score (nSPS) is 27.5. The lowest BCUT2D eigenvalue weighted by Crippen LogP contribution is -2.48. The first kappa shape index (κ1) is 16.6. The number of nitrogens with zero attached hydrogens (tertiary/aromatic N) is 1. The number of fused-ring (bicyclic) bond motifs is 3. The van der Waals surface area contributed by atoms with Crippen LogP contribution >= 0.6 is 0 Å². The van der Waals surface area contributed by atoms with Crippen LogP contribution in [0.1, 0.15) is 43.9 Å². The van der Waals surface area contributed by atoms with E-state index in [0.29, 0.717) is 17.9 Å². The number of hydrogen-bond acceptors (Lipinski definition) is 4. The van der Waals surface area contributed by atoms with Gasteiger partial charge in [0.05, 0.1) is 20.3 Å². The predicted octanol–water partition coefficient (Wildman–Crippen LogP) is 3.03. The number of aliphatic hydroxyl groups excluding tert-OH is 1. The molecular formula is C19H29NO3. The second kappa shape index (κ2) is 6.70. The van der Waals surface area contributed by atoms with Crippen LogP contribution in [0.2, 0.25) is 0 Å². The Morgan fingerprint density at radius 3 is 2.57 bits per heavy atom. The van der Waals surface area contributed by atoms with E-state index in [0.717, 1.165) is 43.9 Å². The van der Waals surface area contributed by atoms with Crippen molar-refractivity contribution in [3.63, 3.8) is 0 Å². The maximum absolute atomic E-state index is 10.6. The van der Waals surface area contributed by atoms with Crippen molar-refractivity contribution in [2.45, 2.75) is 45.3 Å². The first-order valence-electron chi connectivity index (χ1n) is 8.70. The van der Waals surface area contributed by atoms with Gasteiger partial charge in [-0.3, -0.25) is 4.90 Å². The average molecular weight is 319 g/mol. The summed E-state index contributed by atoms with van der Waals surface area (Å²) in [6.07, 6.45) is 2.75. The smallest absolute Gasteiger partial charge is 0.161 e. The van der Waals surface area contributed by atoms with Gasteiger partial charge in [-0.1, -0.05) is 13.8 Å². The monoisotopic (exact) mass is 319 g/mol. The maximum Gasteiger partial charge on any atom is 0.161 e. The molecule has 128 valence electrons. The number of ether oxygens (including phenoxy) is 2. The van der Waals surface area contributed by atoms with E-state index < -0.39 is 0 Å². The highest BCUT2D eigenvalue weighted by Crippen LogP contribution is 2.43. The summed E-state index contributed by atoms with van der Waals surface area (Å²) in [4.78, 5) is 2.55. The largest absolute Gasteiger partial charge is 0.493 e. The van der Waals surface area contributed by atoms with Crippen LogP contribution in [0.15, 0.2) is 12.1 Å². The summed E-state index contributed by atoms with van der Waals surface area (Å²) < 4.78 is 10.9. The van der Waals surface area contributed by atoms with Gasteiger partial charge in [0.2, 0.25) is 0 Å². The molecule has 0 amide bonds. The fourth-order valence-corrected chi connectivity index (χ4v) is 4.26. The number of hydrogen-bond donors (Lipinski definition) is 1. The molecule has 0 spiro atoms. The van der Waals surface area contributed by atoms with Crippen molar-refractivity contribution in [3.05, 3.63) is 23.3 Å². The van der Waals surface area contributed by atoms with Gasteiger partial charge in [-0.15, -0.1) is 0 Å². The number of aliphatic hydroxyl groups is 1. The van der Waals surface area contributed by atoms with E-state index in [1.807, 2.05) is 0 Å². The molecule has 1 aromatic carbocycles. The Labute approximate surface area is 139 Å². The van der Waals surface area contributed by atoms with E-state index in [1.165, 1.54) is 11.1 Å². The van der Waals surface area contributed by atoms with E-state index in [2.05, 4.69) is 30.9 Å². The summed E-state index contributed by atoms with van der Waals surface area (Å²) >= 11 is 0. The second-order valence-electron chi connectivity index (χ2n) is 7.36. The molecule has 1 saturated heterocycles. The zero-order chi connectivity index (χ0) is 16.6. The Kier molecular flexibility index (Phi) is 4.83. The number of benzene rings is 1. The van der Waals surface area contributed by atoms with Gasteiger partial charge in [-0.05, 0) is 54.4 Å². The molecule has 0 bridgehead atoms. The third-order valence-corrected chi connectivity index (χ3v) is 5.37. The highest BCUT2D eigenvalue weighted by atomic mass is 16.5. The molecule has 0 radical (unpaired) electrons. The van der Waals surface area contributed by atoms with Gasteiger partial charge < -0.3 is 14.6 Å². The minimum absolute atomic E-state index is 0.210. The molecule has 1 aromatic rings. The third kappa shape index (κ3) is 3.20. The molecule has 1 N–H and O–H groups in total. The molecule has 1 fully saturated rings. The van der Waals surface area contributed by atoms with Crippen LogP contribution in [0.4, 0.5) is 0 Å². The fraction of sp³-hybridized carbons (Fsp3) is 0.684. The first-order valence-corrected chi connectivity index (χ1v) is 8.70. The Hall–Kier alpha value is -1.26. The van der Waals surface area contributed by atoms with Crippen molar-refractivity contribution in [1.29, 1.82) is 0 Å². The topological polar surface area (TPSA) is 41.9 Å². The average Bonchev–Trinajstić information content (AvgIpc) is 2.53. The van der Waals surface area contributed by atoms with Gasteiger partial charge in [0.15, 0.2) is 11.5 Å². The molecule has 2 heterocycles. The van der Waals surface area contributed by atoms with Gasteiger partial charge in [0.1, 0.15) is 0 Å². The molecule has 2 unspecified atom stereocenters. The van der Waals surface area contributed by atoms with E-state index in [9.17, 15) is 5.11 Å². The van der Waals surface area contributed by atoms with Crippen molar-refractivity contribution in [2.75, 3.05) is 27.3 Å². The lowest BCUT2D eigenvalue weighted by atomic mass is 9.79. The van der Waals surface area contributed by atoms with E-state index >= 15 is 0 Å². The standard InChI is InChI=1S/C19H29NO3/c1-12(2)7-14-11-20-6-5-13-8-18(22-3)19(23-4)9-15(13)16(20)10-17(14)21/h8-9,12,14,16-17,21H,5-7,10-11H2,1-4H3/t14-,16?,17?/m1/s1. The summed E-state index contributed by atoms with van der Waals surface area (Å²) in [5.74, 6) is 2.61. The lowest BCUT2D eigenvalue weighted by molar-refractivity contribution is -0.0191. The van der Waals surface area contributed by atoms with Crippen LogP contribution in [-0.2, 0) is 6.42 Å². The molecular weight excluding hydrogens is 290 g/mol. The summed E-state index contributed by atoms with van der Waals surface area (Å²) in [6.45, 7) is 6.54. The summed E-state index contributed by atoms with van der Waals surface area (Å²) in [7, 11) is 3.36. The van der Waals surface area contributed by atoms with Crippen LogP contribution in [0.5, 0.6) is 11.5 Å². The van der Waals surface area contributed by atoms with Crippen molar-refractivity contribution in [3.8, 4) is 11.5 Å². The zero-order valence-corrected chi connectivity index (χ0v) is 14.7. The van der Waals surface area contributed by atoms with Crippen molar-refractivity contribution < 1.29 is 14.6 Å². The SMILES string of the molecule is COc1cc2c(cc1OC)C1CC(O)[C@H](CC(C)C)CN1CC2. The van der Waals surface area contributed by atoms with Gasteiger partial charge in [-0.2, -0.15) is 0 Å². The lowest BCUT2D eigenvalue weighted by Gasteiger charge is -2.46. The predicted molar refractivity (Wildman–Crippen MR) is 91.1 cm³/mol. The van der Waals surface area contributed by atoms with Gasteiger partial charge in [0, 0.05) is 19.1 Å². The number of rotatable bonds is 4. The second-order valence-corrected chi connectivity index (χ2v) is 7.36. The Morgan fingerprint density at radius 2 is 1.91 bits per heavy atom. The Bertz CT molecular complexity index is 558. The van der Waals surface area contributed by atoms with Gasteiger partial charge >= 0.3 is 0 Å². The van der Waals surface area contributed by atoms with Crippen molar-refractivity contribution >= 4 is 0 Å². The molecule has 2 aliphatic rings. The van der Waals surface area contributed by atoms with E-state index in [1.54, 1.807) is 14.2 Å². The van der Waals surface area contributed by atoms with Crippen LogP contribution in [-0.4, -0.2) is 43.4 Å². The minimum Gasteiger partial charge on any atom is -0.493 e. The highest BCUT2D eigenvalue weighted by Gasteiger charge is 2.38. The van der Waals surface area contributed by atoms with Gasteiger partial charge in [0.25, 0.3) is 0 Å². The Morgan fingerprint density at radius 1 is 1.22 bits per heavy atom. The van der Waals surface area contributed by atoms with Gasteiger partial charge in [-0.25, -0.2) is 0 Å². The number of methoxy groups -OCH3 is 2. The summed E-state index contributed by atoms with van der Waals surface area (Å²) in [6, 6.07) is 4.52. The van der Waals surface area contributed by atoms with Crippen LogP contribution in [0.3, 0.4) is 0 Å². The van der Waals surface area contributed by atoms with Crippen LogP contribution < -0.4 is 9.47 Å². The molecule has 2 aliphatic heterocycles. The van der Waals surface area contributed by atoms with Crippen LogP contribution in [0, 0.1) is 11.8 Å². The third-order valence-electron chi connectivity index (χ3n) is 5.37. The maximum atomic E-state index is 10.6. The molecule has 3 atom stereocenters. The highest BCUT2D eigenvalue weighted by molar-refractivity contribution is 5.49. The zero-order valence-electron chi connectivity index (χ0n) is 14.7. The van der Waals surface area contributed by atoms with E-state index in [4.69, 9.17) is 9.47 Å². The molecule has 4 nitrogen and oxygen atoms in total. The Balaban J connectivity index is 1.87. The summed E-state index contributed by atoms with van der Waals surface area (Å²) in [5, 5.41) is 10.6. The molecule has 23 heavy (non-hydrogen) atoms. The first-order chi connectivity index (χ1) is 11.0. The molecule has 0 aliphatic carbocycles. The molecule has 3 rings (SSSR count). The quantitative estimate of drug-likeness (QED) is 0.926. The summed E-state index contributed by atoms with van der Waals surface area (Å²) in [5.41, 5.74) is 2.63. The van der Waals surface area contributed by atoms with Crippen molar-refractivity contribution in [2.24, 2.45) is 11.8 Å². The number of piperidine rings is 1. The van der Waals surface area contributed by atoms with E-state index in [-0.39, 0.29) is 6.10 Å². The van der Waals surface area contributed by atoms with Crippen LogP contribution in [0.25, 0.3) is 0 Å². The molecule has 4 heteroatoms.